The number of aromatic nitrogens is 3. The van der Waals surface area contributed by atoms with Crippen LogP contribution in [0.4, 0.5) is 0 Å². The average Bonchev–Trinajstić information content (AvgIpc) is 3.82. The third kappa shape index (κ3) is 8.60. The minimum absolute atomic E-state index is 0.670. The zero-order valence-corrected chi connectivity index (χ0v) is 40.0. The van der Waals surface area contributed by atoms with Crippen LogP contribution in [0.2, 0.25) is 0 Å². The van der Waals surface area contributed by atoms with Crippen LogP contribution in [-0.2, 0) is 0 Å². The molecule has 2 aromatic heterocycles. The Hall–Kier alpha value is -9.70. The lowest BCUT2D eigenvalue weighted by molar-refractivity contribution is 1.18. The minimum atomic E-state index is 0.670. The van der Waals surface area contributed by atoms with Crippen LogP contribution in [0.15, 0.2) is 285 Å². The maximum atomic E-state index is 5.32. The van der Waals surface area contributed by atoms with Gasteiger partial charge in [0.25, 0.3) is 0 Å². The SMILES string of the molecule is c1ccc(-c2cccc(-c3cccc(-c4ccc(-c5cc(-c6cccc(-c7cccc(-c8ccccc8)c7)c6)nc(-c6ccc(-c7cccc(-n8c9ccccc9c9ccccc98)c7)cc6)n5)cc4)c3)c2)cc1. The fourth-order valence-corrected chi connectivity index (χ4v) is 10.3. The average molecular weight is 930 g/mol. The van der Waals surface area contributed by atoms with E-state index in [1.807, 2.05) is 0 Å². The van der Waals surface area contributed by atoms with Gasteiger partial charge >= 0.3 is 0 Å². The van der Waals surface area contributed by atoms with Crippen molar-refractivity contribution in [3.63, 3.8) is 0 Å². The molecular formula is C70H47N3. The monoisotopic (exact) mass is 929 g/mol. The first-order valence-corrected chi connectivity index (χ1v) is 24.9. The summed E-state index contributed by atoms with van der Waals surface area (Å²) < 4.78 is 2.37. The Morgan fingerprint density at radius 2 is 0.521 bits per heavy atom. The summed E-state index contributed by atoms with van der Waals surface area (Å²) in [5, 5.41) is 2.50. The molecule has 13 rings (SSSR count). The van der Waals surface area contributed by atoms with Gasteiger partial charge in [0.2, 0.25) is 0 Å². The molecule has 0 aliphatic carbocycles. The standard InChI is InChI=1S/C70H47N3/c1-3-16-48(17-4-1)54-20-11-23-57(42-54)58-24-13-22-56(44-58)50-34-38-52(39-35-50)66-47-67(62-28-14-26-60(45-62)59-25-12-21-55(43-59)49-18-5-2-6-19-49)72-70(71-66)53-40-36-51(37-41-53)61-27-15-29-63(46-61)73-68-32-9-7-30-64(68)65-31-8-10-33-69(65)73/h1-47H. The summed E-state index contributed by atoms with van der Waals surface area (Å²) in [5.41, 5.74) is 22.2. The van der Waals surface area contributed by atoms with Crippen molar-refractivity contribution in [3.8, 4) is 106 Å². The van der Waals surface area contributed by atoms with Crippen molar-refractivity contribution in [1.82, 2.24) is 14.5 Å². The van der Waals surface area contributed by atoms with E-state index in [0.717, 1.165) is 67.1 Å². The number of hydrogen-bond acceptors (Lipinski definition) is 2. The first-order valence-electron chi connectivity index (χ1n) is 24.9. The highest BCUT2D eigenvalue weighted by atomic mass is 15.0. The summed E-state index contributed by atoms with van der Waals surface area (Å²) >= 11 is 0. The number of para-hydroxylation sites is 2. The van der Waals surface area contributed by atoms with Crippen molar-refractivity contribution >= 4 is 21.8 Å². The van der Waals surface area contributed by atoms with Gasteiger partial charge in [-0.15, -0.1) is 0 Å². The maximum absolute atomic E-state index is 5.32. The number of hydrogen-bond donors (Lipinski definition) is 0. The van der Waals surface area contributed by atoms with Crippen LogP contribution in [0.5, 0.6) is 0 Å². The Morgan fingerprint density at radius 3 is 1.00 bits per heavy atom. The van der Waals surface area contributed by atoms with Gasteiger partial charge in [-0.2, -0.15) is 0 Å². The van der Waals surface area contributed by atoms with Crippen molar-refractivity contribution in [3.05, 3.63) is 285 Å². The van der Waals surface area contributed by atoms with Crippen LogP contribution >= 0.6 is 0 Å². The summed E-state index contributed by atoms with van der Waals surface area (Å²) in [6.07, 6.45) is 0. The predicted molar refractivity (Wildman–Crippen MR) is 305 cm³/mol. The molecule has 13 aromatic rings. The van der Waals surface area contributed by atoms with Crippen LogP contribution < -0.4 is 0 Å². The molecule has 342 valence electrons. The Labute approximate surface area is 425 Å². The van der Waals surface area contributed by atoms with E-state index in [9.17, 15) is 0 Å². The molecule has 0 amide bonds. The molecule has 0 atom stereocenters. The van der Waals surface area contributed by atoms with E-state index in [4.69, 9.17) is 9.97 Å². The van der Waals surface area contributed by atoms with Crippen LogP contribution in [0.3, 0.4) is 0 Å². The normalized spacial score (nSPS) is 11.3. The lowest BCUT2D eigenvalue weighted by atomic mass is 9.95. The topological polar surface area (TPSA) is 30.7 Å². The van der Waals surface area contributed by atoms with Crippen molar-refractivity contribution in [2.45, 2.75) is 0 Å². The number of rotatable bonds is 10. The highest BCUT2D eigenvalue weighted by molar-refractivity contribution is 6.09. The summed E-state index contributed by atoms with van der Waals surface area (Å²) in [5.74, 6) is 0.670. The van der Waals surface area contributed by atoms with Gasteiger partial charge in [-0.05, 0) is 121 Å². The molecule has 0 radical (unpaired) electrons. The van der Waals surface area contributed by atoms with Crippen LogP contribution in [0.25, 0.3) is 128 Å². The number of nitrogens with zero attached hydrogens (tertiary/aromatic N) is 3. The van der Waals surface area contributed by atoms with Gasteiger partial charge < -0.3 is 4.57 Å². The molecule has 0 saturated heterocycles. The molecule has 0 unspecified atom stereocenters. The first-order chi connectivity index (χ1) is 36.1. The molecule has 11 aromatic carbocycles. The Morgan fingerprint density at radius 1 is 0.205 bits per heavy atom. The van der Waals surface area contributed by atoms with Gasteiger partial charge in [0, 0.05) is 33.2 Å². The van der Waals surface area contributed by atoms with Crippen molar-refractivity contribution in [1.29, 1.82) is 0 Å². The fourth-order valence-electron chi connectivity index (χ4n) is 10.3. The van der Waals surface area contributed by atoms with Gasteiger partial charge in [-0.3, -0.25) is 0 Å². The number of fused-ring (bicyclic) bond motifs is 3. The summed E-state index contributed by atoms with van der Waals surface area (Å²) in [4.78, 5) is 10.6. The third-order valence-corrected chi connectivity index (χ3v) is 14.0. The molecule has 0 spiro atoms. The van der Waals surface area contributed by atoms with Crippen molar-refractivity contribution in [2.24, 2.45) is 0 Å². The third-order valence-electron chi connectivity index (χ3n) is 14.0. The largest absolute Gasteiger partial charge is 0.309 e. The lowest BCUT2D eigenvalue weighted by Crippen LogP contribution is -1.96. The minimum Gasteiger partial charge on any atom is -0.309 e. The Balaban J connectivity index is 0.857. The highest BCUT2D eigenvalue weighted by Gasteiger charge is 2.16. The van der Waals surface area contributed by atoms with E-state index in [-0.39, 0.29) is 0 Å². The molecule has 73 heavy (non-hydrogen) atoms. The second-order valence-electron chi connectivity index (χ2n) is 18.6. The maximum Gasteiger partial charge on any atom is 0.160 e. The summed E-state index contributed by atoms with van der Waals surface area (Å²) in [6.45, 7) is 0. The quantitative estimate of drug-likeness (QED) is 0.137. The second-order valence-corrected chi connectivity index (χ2v) is 18.6. The summed E-state index contributed by atoms with van der Waals surface area (Å²) in [6, 6.07) is 102. The van der Waals surface area contributed by atoms with Crippen LogP contribution in [-0.4, -0.2) is 14.5 Å². The van der Waals surface area contributed by atoms with Gasteiger partial charge in [-0.1, -0.05) is 231 Å². The Kier molecular flexibility index (Phi) is 11.2. The van der Waals surface area contributed by atoms with Gasteiger partial charge in [0.15, 0.2) is 5.82 Å². The molecular weight excluding hydrogens is 883 g/mol. The van der Waals surface area contributed by atoms with E-state index in [0.29, 0.717) is 5.82 Å². The highest BCUT2D eigenvalue weighted by Crippen LogP contribution is 2.37. The van der Waals surface area contributed by atoms with Crippen molar-refractivity contribution in [2.75, 3.05) is 0 Å². The first kappa shape index (κ1) is 43.3. The molecule has 0 fully saturated rings. The molecule has 0 N–H and O–H groups in total. The molecule has 3 heteroatoms. The van der Waals surface area contributed by atoms with Crippen LogP contribution in [0, 0.1) is 0 Å². The van der Waals surface area contributed by atoms with Gasteiger partial charge in [-0.25, -0.2) is 9.97 Å². The molecule has 3 nitrogen and oxygen atoms in total. The molecule has 0 aliphatic rings. The molecule has 0 bridgehead atoms. The van der Waals surface area contributed by atoms with E-state index >= 15 is 0 Å². The smallest absolute Gasteiger partial charge is 0.160 e. The number of benzene rings is 11. The van der Waals surface area contributed by atoms with E-state index < -0.39 is 0 Å². The Bertz CT molecular complexity index is 4060. The molecule has 0 aliphatic heterocycles. The fraction of sp³-hybridized carbons (Fsp3) is 0. The predicted octanol–water partition coefficient (Wildman–Crippen LogP) is 18.6. The van der Waals surface area contributed by atoms with E-state index in [2.05, 4.69) is 290 Å². The van der Waals surface area contributed by atoms with E-state index in [1.165, 1.54) is 55.2 Å². The van der Waals surface area contributed by atoms with Gasteiger partial charge in [0.05, 0.1) is 22.4 Å². The second kappa shape index (κ2) is 18.9. The molecule has 2 heterocycles. The van der Waals surface area contributed by atoms with Crippen LogP contribution in [0.1, 0.15) is 0 Å². The summed E-state index contributed by atoms with van der Waals surface area (Å²) in [7, 11) is 0. The lowest BCUT2D eigenvalue weighted by Gasteiger charge is -2.13. The van der Waals surface area contributed by atoms with Gasteiger partial charge in [0.1, 0.15) is 0 Å². The van der Waals surface area contributed by atoms with E-state index in [1.54, 1.807) is 0 Å². The zero-order chi connectivity index (χ0) is 48.5. The van der Waals surface area contributed by atoms with Crippen molar-refractivity contribution < 1.29 is 0 Å². The molecule has 0 saturated carbocycles. The zero-order valence-electron chi connectivity index (χ0n) is 40.0.